The molecule has 6 heteroatoms. The fraction of sp³-hybridized carbons (Fsp3) is 1.00. The Hall–Kier alpha value is 0.540. The molecule has 4 nitrogen and oxygen atoms in total. The van der Waals surface area contributed by atoms with Gasteiger partial charge < -0.3 is 13.9 Å². The number of unbranched alkanes of at least 4 members (excludes halogenated alkanes) is 10. The van der Waals surface area contributed by atoms with Crippen LogP contribution in [0.15, 0.2) is 0 Å². The van der Waals surface area contributed by atoms with Crippen molar-refractivity contribution in [1.82, 2.24) is 0 Å². The maximum atomic E-state index is 11.5. The summed E-state index contributed by atoms with van der Waals surface area (Å²) in [7, 11) is -4.68. The van der Waals surface area contributed by atoms with Gasteiger partial charge >= 0.3 is 0 Å². The fourth-order valence-electron chi connectivity index (χ4n) is 7.43. The fourth-order valence-corrected chi connectivity index (χ4v) is 14.4. The maximum Gasteiger partial charge on any atom is 0.267 e. The summed E-state index contributed by atoms with van der Waals surface area (Å²) >= 11 is 0. The Morgan fingerprint density at radius 1 is 0.579 bits per heavy atom. The topological polar surface area (TPSA) is 58.6 Å². The first-order valence-corrected chi connectivity index (χ1v) is 20.8. The second kappa shape index (κ2) is 20.4. The van der Waals surface area contributed by atoms with Gasteiger partial charge in [-0.2, -0.15) is 0 Å². The third-order valence-corrected chi connectivity index (χ3v) is 17.1. The van der Waals surface area contributed by atoms with E-state index >= 15 is 0 Å². The first kappa shape index (κ1) is 34.7. The van der Waals surface area contributed by atoms with E-state index in [4.69, 9.17) is 9.05 Å². The third-order valence-electron chi connectivity index (χ3n) is 9.83. The van der Waals surface area contributed by atoms with Gasteiger partial charge in [0.05, 0.1) is 30.2 Å². The first-order valence-electron chi connectivity index (χ1n) is 16.9. The van der Waals surface area contributed by atoms with Gasteiger partial charge in [-0.3, -0.25) is 4.57 Å². The van der Waals surface area contributed by atoms with Gasteiger partial charge in [0.1, 0.15) is 0 Å². The maximum absolute atomic E-state index is 11.5. The third kappa shape index (κ3) is 13.0. The Balaban J connectivity index is 0.000000271. The zero-order valence-corrected chi connectivity index (χ0v) is 27.4. The van der Waals surface area contributed by atoms with Crippen molar-refractivity contribution in [2.45, 2.75) is 185 Å². The van der Waals surface area contributed by atoms with E-state index in [1.165, 1.54) is 55.5 Å². The Labute approximate surface area is 238 Å². The average molecular weight is 575 g/mol. The predicted octanol–water partition coefficient (Wildman–Crippen LogP) is 10.7. The van der Waals surface area contributed by atoms with Gasteiger partial charge in [0, 0.05) is 13.9 Å². The Morgan fingerprint density at radius 3 is 1.18 bits per heavy atom. The van der Waals surface area contributed by atoms with Crippen molar-refractivity contribution < 1.29 is 18.5 Å². The quantitative estimate of drug-likeness (QED) is 0.114. The molecule has 3 aliphatic rings. The number of phosphoric acid groups is 1. The molecule has 0 radical (unpaired) electrons. The van der Waals surface area contributed by atoms with E-state index in [-0.39, 0.29) is 13.2 Å². The van der Waals surface area contributed by atoms with Crippen molar-refractivity contribution in [1.29, 1.82) is 0 Å². The van der Waals surface area contributed by atoms with Crippen LogP contribution in [0.5, 0.6) is 0 Å². The number of hydrogen-bond donors (Lipinski definition) is 0. The summed E-state index contributed by atoms with van der Waals surface area (Å²) in [6.07, 6.45) is 32.3. The van der Waals surface area contributed by atoms with Gasteiger partial charge in [-0.1, -0.05) is 78.1 Å². The van der Waals surface area contributed by atoms with Crippen LogP contribution in [-0.4, -0.2) is 36.9 Å². The lowest BCUT2D eigenvalue weighted by molar-refractivity contribution is -0.225. The SMILES string of the molecule is CCCCCCCCOP(=O)([O-])OCCCCCCCC.C[P+](C1CCCC1)(C1CCCC1)C1CCCC1. The zero-order valence-electron chi connectivity index (χ0n) is 25.6. The molecule has 38 heavy (non-hydrogen) atoms. The van der Waals surface area contributed by atoms with Crippen molar-refractivity contribution in [3.8, 4) is 0 Å². The molecule has 0 aromatic rings. The minimum Gasteiger partial charge on any atom is -0.756 e. The van der Waals surface area contributed by atoms with Crippen molar-refractivity contribution in [3.63, 3.8) is 0 Å². The molecule has 0 bridgehead atoms. The molecule has 0 unspecified atom stereocenters. The van der Waals surface area contributed by atoms with Crippen LogP contribution < -0.4 is 4.89 Å². The van der Waals surface area contributed by atoms with Crippen LogP contribution in [-0.2, 0) is 13.6 Å². The molecular formula is C32H64O4P2. The van der Waals surface area contributed by atoms with Crippen LogP contribution in [0.1, 0.15) is 168 Å². The van der Waals surface area contributed by atoms with Crippen molar-refractivity contribution in [2.75, 3.05) is 19.9 Å². The summed E-state index contributed by atoms with van der Waals surface area (Å²) in [6.45, 7) is 7.69. The van der Waals surface area contributed by atoms with E-state index in [0.717, 1.165) is 38.5 Å². The highest BCUT2D eigenvalue weighted by atomic mass is 31.2. The van der Waals surface area contributed by atoms with Crippen LogP contribution in [0.4, 0.5) is 0 Å². The minimum atomic E-state index is -4.07. The van der Waals surface area contributed by atoms with E-state index in [9.17, 15) is 9.46 Å². The molecule has 3 fully saturated rings. The molecule has 0 saturated heterocycles. The molecular weight excluding hydrogens is 510 g/mol. The van der Waals surface area contributed by atoms with E-state index < -0.39 is 15.1 Å². The Kier molecular flexibility index (Phi) is 18.7. The summed E-state index contributed by atoms with van der Waals surface area (Å²) in [5, 5.41) is 0. The lowest BCUT2D eigenvalue weighted by atomic mass is 10.1. The standard InChI is InChI=1S/C16H35O4P.C16H30P/c1-3-5-7-9-11-13-15-19-21(17,18)20-16-14-12-10-8-6-4-2;1-17(14-8-2-3-9-14,15-10-4-5-11-15)16-12-6-7-13-16/h3-16H2,1-2H3,(H,17,18);14-16H,2-13H2,1H3/q;+1/p-1. The molecule has 0 aromatic carbocycles. The molecule has 0 spiro atoms. The minimum absolute atomic E-state index is 0.253. The molecule has 0 N–H and O–H groups in total. The Morgan fingerprint density at radius 2 is 0.868 bits per heavy atom. The van der Waals surface area contributed by atoms with E-state index in [0.29, 0.717) is 0 Å². The van der Waals surface area contributed by atoms with Gasteiger partial charge in [0.25, 0.3) is 7.82 Å². The lowest BCUT2D eigenvalue weighted by Crippen LogP contribution is -2.27. The second-order valence-electron chi connectivity index (χ2n) is 12.7. The monoisotopic (exact) mass is 574 g/mol. The van der Waals surface area contributed by atoms with Gasteiger partial charge in [0.15, 0.2) is 0 Å². The van der Waals surface area contributed by atoms with Crippen LogP contribution in [0, 0.1) is 0 Å². The highest BCUT2D eigenvalue weighted by Crippen LogP contribution is 2.76. The van der Waals surface area contributed by atoms with E-state index in [1.54, 1.807) is 77.0 Å². The summed E-state index contributed by atoms with van der Waals surface area (Å²) in [5.74, 6) is 0. The average Bonchev–Trinajstić information content (AvgIpc) is 3.72. The van der Waals surface area contributed by atoms with Crippen LogP contribution in [0.3, 0.4) is 0 Å². The smallest absolute Gasteiger partial charge is 0.267 e. The second-order valence-corrected chi connectivity index (χ2v) is 18.7. The van der Waals surface area contributed by atoms with Crippen molar-refractivity contribution >= 4 is 15.1 Å². The zero-order chi connectivity index (χ0) is 27.5. The number of hydrogen-bond acceptors (Lipinski definition) is 4. The summed E-state index contributed by atoms with van der Waals surface area (Å²) in [6, 6.07) is 0. The van der Waals surface area contributed by atoms with Gasteiger partial charge in [-0.25, -0.2) is 0 Å². The van der Waals surface area contributed by atoms with Crippen LogP contribution >= 0.6 is 15.1 Å². The largest absolute Gasteiger partial charge is 0.756 e. The predicted molar refractivity (Wildman–Crippen MR) is 166 cm³/mol. The number of phosphoric ester groups is 1. The summed E-state index contributed by atoms with van der Waals surface area (Å²) in [4.78, 5) is 11.5. The van der Waals surface area contributed by atoms with Gasteiger partial charge in [-0.05, 0) is 89.9 Å². The molecule has 0 atom stereocenters. The van der Waals surface area contributed by atoms with Gasteiger partial charge in [-0.15, -0.1) is 0 Å². The number of rotatable bonds is 19. The molecule has 0 aromatic heterocycles. The van der Waals surface area contributed by atoms with Crippen molar-refractivity contribution in [3.05, 3.63) is 0 Å². The molecule has 0 aliphatic heterocycles. The normalized spacial score (nSPS) is 19.8. The summed E-state index contributed by atoms with van der Waals surface area (Å²) in [5.41, 5.74) is 3.61. The first-order chi connectivity index (χ1) is 18.4. The summed E-state index contributed by atoms with van der Waals surface area (Å²) < 4.78 is 21.2. The van der Waals surface area contributed by atoms with E-state index in [2.05, 4.69) is 20.5 Å². The van der Waals surface area contributed by atoms with Gasteiger partial charge in [0.2, 0.25) is 0 Å². The van der Waals surface area contributed by atoms with Crippen molar-refractivity contribution in [2.24, 2.45) is 0 Å². The lowest BCUT2D eigenvalue weighted by Gasteiger charge is -2.39. The molecule has 0 heterocycles. The van der Waals surface area contributed by atoms with Crippen LogP contribution in [0.25, 0.3) is 0 Å². The van der Waals surface area contributed by atoms with E-state index in [1.807, 2.05) is 0 Å². The molecule has 3 rings (SSSR count). The molecule has 3 saturated carbocycles. The van der Waals surface area contributed by atoms with Crippen LogP contribution in [0.2, 0.25) is 0 Å². The molecule has 226 valence electrons. The Bertz CT molecular complexity index is 548. The highest BCUT2D eigenvalue weighted by molar-refractivity contribution is 7.77. The highest BCUT2D eigenvalue weighted by Gasteiger charge is 2.54. The molecule has 0 amide bonds. The molecule has 3 aliphatic carbocycles.